The van der Waals surface area contributed by atoms with Crippen molar-refractivity contribution in [2.24, 2.45) is 0 Å². The molecule has 0 saturated heterocycles. The Bertz CT molecular complexity index is 81.6. The number of alkyl halides is 3. The highest BCUT2D eigenvalue weighted by molar-refractivity contribution is 7.37. The van der Waals surface area contributed by atoms with E-state index in [9.17, 15) is 18.1 Å². The molecule has 0 aliphatic rings. The highest BCUT2D eigenvalue weighted by atomic mass is 31.2. The topological polar surface area (TPSA) is 52.5 Å². The molecule has 0 bridgehead atoms. The van der Waals surface area contributed by atoms with Crippen LogP contribution in [0, 0.1) is 0 Å². The zero-order valence-corrected chi connectivity index (χ0v) is 4.95. The van der Waals surface area contributed by atoms with E-state index in [1.54, 1.807) is 0 Å². The third-order valence-electron chi connectivity index (χ3n) is 0.339. The maximum absolute atomic E-state index is 11.1. The van der Waals surface area contributed by atoms with E-state index >= 15 is 0 Å². The summed E-state index contributed by atoms with van der Waals surface area (Å²) in [6.07, 6.45) is -4.53. The molecule has 7 heteroatoms. The number of rotatable bonds is 2. The number of hydrogen-bond donors (Lipinski definition) is 1. The lowest BCUT2D eigenvalue weighted by molar-refractivity contribution is -0.217. The maximum Gasteiger partial charge on any atom is 0.412 e. The van der Waals surface area contributed by atoms with Crippen molar-refractivity contribution in [1.82, 2.24) is 0 Å². The number of hydrogen-bond acceptors (Lipinski definition) is 3. The Kier molecular flexibility index (Phi) is 3.35. The van der Waals surface area contributed by atoms with Gasteiger partial charge in [-0.15, -0.1) is 0 Å². The molecule has 0 rings (SSSR count). The predicted octanol–water partition coefficient (Wildman–Crippen LogP) is 0.145. The molecule has 0 amide bonds. The molecule has 0 aromatic heterocycles. The predicted molar refractivity (Wildman–Crippen MR) is 21.1 cm³/mol. The first-order valence-corrected chi connectivity index (χ1v) is 2.90. The third kappa shape index (κ3) is 8.10. The fourth-order valence-corrected chi connectivity index (χ4v) is 0.385. The Hall–Kier alpha value is 0.100. The summed E-state index contributed by atoms with van der Waals surface area (Å²) in [7, 11) is -3.13. The zero-order valence-electron chi connectivity index (χ0n) is 4.05. The molecular formula is C2H3F3O3P-. The van der Waals surface area contributed by atoms with Gasteiger partial charge >= 0.3 is 6.18 Å². The van der Waals surface area contributed by atoms with Crippen LogP contribution in [-0.4, -0.2) is 17.7 Å². The van der Waals surface area contributed by atoms with E-state index in [1.165, 1.54) is 0 Å². The second-order valence-electron chi connectivity index (χ2n) is 1.13. The molecule has 1 N–H and O–H groups in total. The first-order valence-electron chi connectivity index (χ1n) is 1.77. The normalized spacial score (nSPS) is 15.7. The van der Waals surface area contributed by atoms with Crippen molar-refractivity contribution in [2.75, 3.05) is 6.61 Å². The molecule has 1 unspecified atom stereocenters. The Morgan fingerprint density at radius 1 is 1.56 bits per heavy atom. The van der Waals surface area contributed by atoms with Crippen molar-refractivity contribution in [3.05, 3.63) is 0 Å². The Morgan fingerprint density at radius 2 is 2.00 bits per heavy atom. The summed E-state index contributed by atoms with van der Waals surface area (Å²) in [5, 5.41) is 0. The molecular weight excluding hydrogens is 160 g/mol. The molecule has 0 saturated carbocycles. The minimum atomic E-state index is -4.53. The minimum Gasteiger partial charge on any atom is -0.786 e. The number of halogens is 3. The molecule has 0 heterocycles. The third-order valence-corrected chi connectivity index (χ3v) is 0.689. The van der Waals surface area contributed by atoms with Crippen molar-refractivity contribution < 1.29 is 27.5 Å². The van der Waals surface area contributed by atoms with Crippen LogP contribution in [0.3, 0.4) is 0 Å². The first-order chi connectivity index (χ1) is 3.92. The largest absolute Gasteiger partial charge is 0.786 e. The summed E-state index contributed by atoms with van der Waals surface area (Å²) in [6, 6.07) is 0. The molecule has 1 atom stereocenters. The van der Waals surface area contributed by atoms with Gasteiger partial charge in [0.1, 0.15) is 6.61 Å². The van der Waals surface area contributed by atoms with E-state index in [4.69, 9.17) is 4.89 Å². The summed E-state index contributed by atoms with van der Waals surface area (Å²) < 4.78 is 36.5. The van der Waals surface area contributed by atoms with Gasteiger partial charge in [0.05, 0.1) is 8.60 Å². The van der Waals surface area contributed by atoms with Crippen LogP contribution in [0.15, 0.2) is 0 Å². The molecule has 0 fully saturated rings. The van der Waals surface area contributed by atoms with Crippen molar-refractivity contribution in [2.45, 2.75) is 6.18 Å². The summed E-state index contributed by atoms with van der Waals surface area (Å²) in [5.74, 6) is 0. The van der Waals surface area contributed by atoms with E-state index in [1.807, 2.05) is 0 Å². The van der Waals surface area contributed by atoms with Crippen LogP contribution >= 0.6 is 8.60 Å². The quantitative estimate of drug-likeness (QED) is 0.589. The van der Waals surface area contributed by atoms with Crippen LogP contribution in [0.25, 0.3) is 0 Å². The molecule has 0 aliphatic carbocycles. The van der Waals surface area contributed by atoms with Gasteiger partial charge in [0, 0.05) is 0 Å². The smallest absolute Gasteiger partial charge is 0.412 e. The van der Waals surface area contributed by atoms with E-state index < -0.39 is 21.4 Å². The standard InChI is InChI=1S/C2H3F3O3P/c3-2(4,5)1-8-9(6)7/h6H,1H2/q-1. The van der Waals surface area contributed by atoms with Gasteiger partial charge in [0.25, 0.3) is 0 Å². The summed E-state index contributed by atoms with van der Waals surface area (Å²) in [4.78, 5) is 17.2. The van der Waals surface area contributed by atoms with E-state index in [0.29, 0.717) is 0 Å². The average Bonchev–Trinajstić information content (AvgIpc) is 1.59. The summed E-state index contributed by atoms with van der Waals surface area (Å²) >= 11 is 0. The SMILES string of the molecule is [O-]P(O)OCC(F)(F)F. The van der Waals surface area contributed by atoms with Crippen LogP contribution in [0.2, 0.25) is 0 Å². The monoisotopic (exact) mass is 163 g/mol. The van der Waals surface area contributed by atoms with Gasteiger partial charge in [0.15, 0.2) is 0 Å². The van der Waals surface area contributed by atoms with Crippen LogP contribution in [0.4, 0.5) is 13.2 Å². The Morgan fingerprint density at radius 3 is 2.11 bits per heavy atom. The lowest BCUT2D eigenvalue weighted by atomic mass is 10.7. The molecule has 3 nitrogen and oxygen atoms in total. The van der Waals surface area contributed by atoms with Gasteiger partial charge in [-0.25, -0.2) is 0 Å². The van der Waals surface area contributed by atoms with E-state index in [-0.39, 0.29) is 0 Å². The van der Waals surface area contributed by atoms with Crippen LogP contribution < -0.4 is 4.89 Å². The zero-order chi connectivity index (χ0) is 7.49. The molecule has 0 radical (unpaired) electrons. The fraction of sp³-hybridized carbons (Fsp3) is 1.00. The molecule has 0 aromatic carbocycles. The van der Waals surface area contributed by atoms with Crippen LogP contribution in [-0.2, 0) is 4.52 Å². The van der Waals surface area contributed by atoms with Crippen molar-refractivity contribution >= 4 is 8.60 Å². The molecule has 0 aromatic rings. The van der Waals surface area contributed by atoms with Gasteiger partial charge in [0.2, 0.25) is 0 Å². The minimum absolute atomic E-state index is 1.68. The van der Waals surface area contributed by atoms with Gasteiger partial charge in [-0.2, -0.15) is 13.2 Å². The second kappa shape index (κ2) is 3.31. The molecule has 0 spiro atoms. The lowest BCUT2D eigenvalue weighted by Crippen LogP contribution is -2.16. The Balaban J connectivity index is 3.28. The highest BCUT2D eigenvalue weighted by Crippen LogP contribution is 2.24. The molecule has 0 aliphatic heterocycles. The highest BCUT2D eigenvalue weighted by Gasteiger charge is 2.27. The van der Waals surface area contributed by atoms with Gasteiger partial charge in [-0.05, 0) is 0 Å². The Labute approximate surface area is 50.1 Å². The molecule has 56 valence electrons. The second-order valence-corrected chi connectivity index (χ2v) is 1.86. The first kappa shape index (κ1) is 9.10. The van der Waals surface area contributed by atoms with Crippen molar-refractivity contribution in [3.8, 4) is 0 Å². The van der Waals surface area contributed by atoms with Crippen molar-refractivity contribution in [3.63, 3.8) is 0 Å². The summed E-state index contributed by atoms with van der Waals surface area (Å²) in [5.41, 5.74) is 0. The molecule has 9 heavy (non-hydrogen) atoms. The maximum atomic E-state index is 11.1. The average molecular weight is 163 g/mol. The van der Waals surface area contributed by atoms with Gasteiger partial charge < -0.3 is 14.3 Å². The van der Waals surface area contributed by atoms with E-state index in [0.717, 1.165) is 0 Å². The van der Waals surface area contributed by atoms with Crippen LogP contribution in [0.1, 0.15) is 0 Å². The van der Waals surface area contributed by atoms with Gasteiger partial charge in [-0.3, -0.25) is 0 Å². The van der Waals surface area contributed by atoms with E-state index in [2.05, 4.69) is 4.52 Å². The fourth-order valence-electron chi connectivity index (χ4n) is 0.128. The van der Waals surface area contributed by atoms with Gasteiger partial charge in [-0.1, -0.05) is 0 Å². The van der Waals surface area contributed by atoms with Crippen molar-refractivity contribution in [1.29, 1.82) is 0 Å². The lowest BCUT2D eigenvalue weighted by Gasteiger charge is -2.15. The van der Waals surface area contributed by atoms with Crippen LogP contribution in [0.5, 0.6) is 0 Å². The summed E-state index contributed by atoms with van der Waals surface area (Å²) in [6.45, 7) is -1.68.